The van der Waals surface area contributed by atoms with E-state index in [0.29, 0.717) is 22.5 Å². The molecule has 2 aromatic carbocycles. The Balaban J connectivity index is 1.44. The summed E-state index contributed by atoms with van der Waals surface area (Å²) in [6, 6.07) is 14.2. The molecule has 10 heteroatoms. The number of hydrogen-bond donors (Lipinski definition) is 1. The molecule has 3 heterocycles. The fourth-order valence-electron chi connectivity index (χ4n) is 4.01. The summed E-state index contributed by atoms with van der Waals surface area (Å²) in [5.74, 6) is 1.82. The summed E-state index contributed by atoms with van der Waals surface area (Å²) in [6.45, 7) is 0. The van der Waals surface area contributed by atoms with Gasteiger partial charge in [0.15, 0.2) is 15.0 Å². The van der Waals surface area contributed by atoms with E-state index in [2.05, 4.69) is 9.97 Å². The molecule has 1 saturated heterocycles. The number of hydrogen-bond acceptors (Lipinski definition) is 8. The molecule has 3 aromatic rings. The molecule has 0 aliphatic carbocycles. The lowest BCUT2D eigenvalue weighted by atomic mass is 10.1. The van der Waals surface area contributed by atoms with Crippen molar-refractivity contribution in [2.75, 3.05) is 23.5 Å². The maximum Gasteiger partial charge on any atom is 0.258 e. The van der Waals surface area contributed by atoms with Gasteiger partial charge in [0.1, 0.15) is 11.6 Å². The quantitative estimate of drug-likeness (QED) is 0.642. The predicted molar refractivity (Wildman–Crippen MR) is 123 cm³/mol. The Kier molecular flexibility index (Phi) is 4.98. The third-order valence-corrected chi connectivity index (χ3v) is 8.13. The number of rotatable bonds is 4. The molecule has 1 aromatic heterocycles. The second-order valence-corrected chi connectivity index (χ2v) is 10.6. The number of fused-ring (bicyclic) bond motifs is 2. The molecule has 0 radical (unpaired) electrons. The highest BCUT2D eigenvalue weighted by molar-refractivity contribution is 8.13. The molecule has 1 N–H and O–H groups in total. The van der Waals surface area contributed by atoms with E-state index in [4.69, 9.17) is 9.73 Å². The Labute approximate surface area is 183 Å². The van der Waals surface area contributed by atoms with Crippen molar-refractivity contribution < 1.29 is 13.2 Å². The van der Waals surface area contributed by atoms with Crippen LogP contribution in [0.15, 0.2) is 58.3 Å². The molecule has 160 valence electrons. The van der Waals surface area contributed by atoms with Crippen LogP contribution in [-0.2, 0) is 15.6 Å². The fraction of sp³-hybridized carbons (Fsp3) is 0.286. The first kappa shape index (κ1) is 20.1. The molecule has 2 atom stereocenters. The summed E-state index contributed by atoms with van der Waals surface area (Å²) < 4.78 is 29.6. The number of aromatic amines is 1. The molecule has 5 rings (SSSR count). The topological polar surface area (TPSA) is 105 Å². The average Bonchev–Trinajstić information content (AvgIpc) is 3.23. The van der Waals surface area contributed by atoms with Crippen molar-refractivity contribution in [1.29, 1.82) is 0 Å². The Morgan fingerprint density at radius 2 is 1.94 bits per heavy atom. The lowest BCUT2D eigenvalue weighted by Gasteiger charge is -2.26. The number of aliphatic imine (C=N–C) groups is 1. The van der Waals surface area contributed by atoms with Gasteiger partial charge in [-0.3, -0.25) is 9.79 Å². The van der Waals surface area contributed by atoms with Gasteiger partial charge in [-0.25, -0.2) is 13.4 Å². The number of para-hydroxylation sites is 1. The number of sulfone groups is 1. The van der Waals surface area contributed by atoms with Gasteiger partial charge in [0.2, 0.25) is 0 Å². The number of thioether (sulfide) groups is 1. The highest BCUT2D eigenvalue weighted by Crippen LogP contribution is 2.36. The number of anilines is 1. The van der Waals surface area contributed by atoms with E-state index in [1.165, 1.54) is 11.8 Å². The SMILES string of the molecule is COc1ccc(N2C(SCc3nc4ccccc4c(=O)[nH]3)=N[C@H]3CS(=O)(=O)C[C@H]32)cc1. The van der Waals surface area contributed by atoms with Gasteiger partial charge in [0, 0.05) is 5.69 Å². The molecule has 8 nitrogen and oxygen atoms in total. The highest BCUT2D eigenvalue weighted by Gasteiger charge is 2.47. The van der Waals surface area contributed by atoms with Gasteiger partial charge in [0.25, 0.3) is 5.56 Å². The zero-order valence-electron chi connectivity index (χ0n) is 16.7. The third-order valence-electron chi connectivity index (χ3n) is 5.46. The molecule has 0 saturated carbocycles. The summed E-state index contributed by atoms with van der Waals surface area (Å²) in [5, 5.41) is 1.28. The number of ether oxygens (including phenoxy) is 1. The summed E-state index contributed by atoms with van der Waals surface area (Å²) in [7, 11) is -1.52. The van der Waals surface area contributed by atoms with Crippen LogP contribution in [0, 0.1) is 0 Å². The van der Waals surface area contributed by atoms with Crippen molar-refractivity contribution in [2.24, 2.45) is 4.99 Å². The lowest BCUT2D eigenvalue weighted by Crippen LogP contribution is -2.39. The first-order valence-corrected chi connectivity index (χ1v) is 12.6. The molecule has 1 fully saturated rings. The standard InChI is InChI=1S/C21H20N4O4S2/c1-29-14-8-6-13(7-9-14)25-18-12-31(27,28)11-17(18)23-21(25)30-10-19-22-16-5-3-2-4-15(16)20(26)24-19/h2-9,17-18H,10-12H2,1H3,(H,22,24,26)/t17-,18+/m0/s1. The van der Waals surface area contributed by atoms with Gasteiger partial charge in [-0.05, 0) is 36.4 Å². The monoisotopic (exact) mass is 456 g/mol. The zero-order valence-corrected chi connectivity index (χ0v) is 18.3. The zero-order chi connectivity index (χ0) is 21.6. The molecule has 0 spiro atoms. The predicted octanol–water partition coefficient (Wildman–Crippen LogP) is 2.21. The Bertz CT molecular complexity index is 1340. The van der Waals surface area contributed by atoms with Crippen molar-refractivity contribution in [2.45, 2.75) is 17.8 Å². The van der Waals surface area contributed by atoms with Gasteiger partial charge in [0.05, 0.1) is 47.4 Å². The molecule has 0 amide bonds. The molecular weight excluding hydrogens is 436 g/mol. The lowest BCUT2D eigenvalue weighted by molar-refractivity contribution is 0.415. The normalized spacial score (nSPS) is 21.8. The number of H-pyrrole nitrogens is 1. The van der Waals surface area contributed by atoms with Gasteiger partial charge in [-0.15, -0.1) is 0 Å². The summed E-state index contributed by atoms with van der Waals surface area (Å²) in [6.07, 6.45) is 0. The van der Waals surface area contributed by atoms with Crippen molar-refractivity contribution in [1.82, 2.24) is 9.97 Å². The van der Waals surface area contributed by atoms with E-state index in [9.17, 15) is 13.2 Å². The van der Waals surface area contributed by atoms with Crippen LogP contribution in [0.25, 0.3) is 10.9 Å². The Morgan fingerprint density at radius 3 is 2.71 bits per heavy atom. The molecule has 2 aliphatic rings. The van der Waals surface area contributed by atoms with Crippen LogP contribution < -0.4 is 15.2 Å². The van der Waals surface area contributed by atoms with Crippen molar-refractivity contribution in [3.8, 4) is 5.75 Å². The third kappa shape index (κ3) is 3.81. The van der Waals surface area contributed by atoms with Crippen LogP contribution in [-0.4, -0.2) is 54.3 Å². The highest BCUT2D eigenvalue weighted by atomic mass is 32.2. The number of methoxy groups -OCH3 is 1. The van der Waals surface area contributed by atoms with Crippen molar-refractivity contribution in [3.63, 3.8) is 0 Å². The van der Waals surface area contributed by atoms with Gasteiger partial charge in [-0.2, -0.15) is 0 Å². The van der Waals surface area contributed by atoms with E-state index in [-0.39, 0.29) is 29.1 Å². The molecule has 2 aliphatic heterocycles. The minimum Gasteiger partial charge on any atom is -0.497 e. The minimum atomic E-state index is -3.12. The van der Waals surface area contributed by atoms with Crippen LogP contribution >= 0.6 is 11.8 Å². The molecule has 0 bridgehead atoms. The maximum absolute atomic E-state index is 12.3. The summed E-state index contributed by atoms with van der Waals surface area (Å²) in [4.78, 5) is 26.4. The van der Waals surface area contributed by atoms with Gasteiger partial charge >= 0.3 is 0 Å². The second-order valence-electron chi connectivity index (χ2n) is 7.51. The Morgan fingerprint density at radius 1 is 1.16 bits per heavy atom. The number of aromatic nitrogens is 2. The van der Waals surface area contributed by atoms with E-state index in [0.717, 1.165) is 16.6 Å². The van der Waals surface area contributed by atoms with Gasteiger partial charge in [-0.1, -0.05) is 23.9 Å². The Hall–Kier alpha value is -2.85. The number of benzene rings is 2. The number of nitrogens with one attached hydrogen (secondary N) is 1. The number of amidine groups is 1. The summed E-state index contributed by atoms with van der Waals surface area (Å²) >= 11 is 1.44. The molecule has 31 heavy (non-hydrogen) atoms. The molecule has 0 unspecified atom stereocenters. The first-order chi connectivity index (χ1) is 14.9. The average molecular weight is 457 g/mol. The van der Waals surface area contributed by atoms with Crippen molar-refractivity contribution in [3.05, 3.63) is 64.7 Å². The van der Waals surface area contributed by atoms with Crippen LogP contribution in [0.2, 0.25) is 0 Å². The van der Waals surface area contributed by atoms with Crippen LogP contribution in [0.1, 0.15) is 5.82 Å². The minimum absolute atomic E-state index is 0.0550. The van der Waals surface area contributed by atoms with Gasteiger partial charge < -0.3 is 14.6 Å². The first-order valence-electron chi connectivity index (χ1n) is 9.76. The summed E-state index contributed by atoms with van der Waals surface area (Å²) in [5.41, 5.74) is 1.33. The van der Waals surface area contributed by atoms with Crippen LogP contribution in [0.3, 0.4) is 0 Å². The second kappa shape index (κ2) is 7.69. The van der Waals surface area contributed by atoms with Crippen molar-refractivity contribution >= 4 is 43.4 Å². The fourth-order valence-corrected chi connectivity index (χ4v) is 6.85. The van der Waals surface area contributed by atoms with Crippen LogP contribution in [0.5, 0.6) is 5.75 Å². The van der Waals surface area contributed by atoms with E-state index in [1.807, 2.05) is 41.3 Å². The van der Waals surface area contributed by atoms with Crippen LogP contribution in [0.4, 0.5) is 5.69 Å². The maximum atomic E-state index is 12.3. The molecular formula is C21H20N4O4S2. The number of nitrogens with zero attached hydrogens (tertiary/aromatic N) is 3. The largest absolute Gasteiger partial charge is 0.497 e. The van der Waals surface area contributed by atoms with E-state index < -0.39 is 9.84 Å². The van der Waals surface area contributed by atoms with E-state index >= 15 is 0 Å². The van der Waals surface area contributed by atoms with E-state index in [1.54, 1.807) is 19.2 Å². The smallest absolute Gasteiger partial charge is 0.258 e.